The average molecular weight is 406 g/mol. The minimum absolute atomic E-state index is 0.0954. The van der Waals surface area contributed by atoms with Crippen molar-refractivity contribution in [2.75, 3.05) is 44.3 Å². The molecule has 2 aliphatic rings. The molecule has 1 amide bonds. The van der Waals surface area contributed by atoms with E-state index in [1.165, 1.54) is 0 Å². The van der Waals surface area contributed by atoms with E-state index in [0.29, 0.717) is 6.54 Å². The van der Waals surface area contributed by atoms with Gasteiger partial charge in [0, 0.05) is 37.7 Å². The second-order valence-corrected chi connectivity index (χ2v) is 8.22. The van der Waals surface area contributed by atoms with Gasteiger partial charge in [-0.15, -0.1) is 0 Å². The lowest BCUT2D eigenvalue weighted by atomic mass is 9.96. The highest BCUT2D eigenvalue weighted by Crippen LogP contribution is 2.27. The Morgan fingerprint density at radius 1 is 1.07 bits per heavy atom. The Hall–Kier alpha value is -2.93. The number of pyridine rings is 1. The fourth-order valence-electron chi connectivity index (χ4n) is 4.32. The molecule has 0 saturated carbocycles. The van der Waals surface area contributed by atoms with E-state index < -0.39 is 0 Å². The highest BCUT2D eigenvalue weighted by Gasteiger charge is 2.28. The van der Waals surface area contributed by atoms with Crippen molar-refractivity contribution in [3.8, 4) is 0 Å². The van der Waals surface area contributed by atoms with Crippen molar-refractivity contribution in [3.05, 3.63) is 59.5 Å². The lowest BCUT2D eigenvalue weighted by Gasteiger charge is -2.31. The molecule has 7 heteroatoms. The summed E-state index contributed by atoms with van der Waals surface area (Å²) in [5, 5.41) is 4.78. The van der Waals surface area contributed by atoms with Gasteiger partial charge in [-0.2, -0.15) is 5.10 Å². The molecular formula is C23H27N5O2. The third kappa shape index (κ3) is 3.77. The summed E-state index contributed by atoms with van der Waals surface area (Å²) in [6, 6.07) is 11.9. The number of aromatic nitrogens is 3. The first-order valence-electron chi connectivity index (χ1n) is 10.7. The molecule has 1 aromatic carbocycles. The number of morpholine rings is 1. The van der Waals surface area contributed by atoms with E-state index in [2.05, 4.69) is 17.2 Å². The highest BCUT2D eigenvalue weighted by atomic mass is 16.5. The summed E-state index contributed by atoms with van der Waals surface area (Å²) in [6.07, 6.45) is 4.02. The molecule has 2 fully saturated rings. The van der Waals surface area contributed by atoms with Crippen LogP contribution in [-0.2, 0) is 4.74 Å². The van der Waals surface area contributed by atoms with Gasteiger partial charge in [-0.25, -0.2) is 9.50 Å². The van der Waals surface area contributed by atoms with Gasteiger partial charge in [0.1, 0.15) is 0 Å². The number of likely N-dealkylation sites (tertiary alicyclic amines) is 1. The van der Waals surface area contributed by atoms with E-state index in [-0.39, 0.29) is 11.8 Å². The maximum atomic E-state index is 12.9. The number of carbonyl (C=O) groups is 1. The van der Waals surface area contributed by atoms with Crippen LogP contribution in [0.3, 0.4) is 0 Å². The van der Waals surface area contributed by atoms with Gasteiger partial charge in [-0.1, -0.05) is 17.7 Å². The molecule has 156 valence electrons. The van der Waals surface area contributed by atoms with Crippen LogP contribution in [0.15, 0.2) is 42.6 Å². The average Bonchev–Trinajstić information content (AvgIpc) is 3.23. The molecule has 30 heavy (non-hydrogen) atoms. The maximum Gasteiger partial charge on any atom is 0.253 e. The lowest BCUT2D eigenvalue weighted by molar-refractivity contribution is 0.0704. The fraction of sp³-hybridized carbons (Fsp3) is 0.435. The van der Waals surface area contributed by atoms with Crippen molar-refractivity contribution in [3.63, 3.8) is 0 Å². The van der Waals surface area contributed by atoms with Crippen LogP contribution in [0.4, 0.5) is 5.69 Å². The van der Waals surface area contributed by atoms with Crippen LogP contribution in [0, 0.1) is 6.92 Å². The molecule has 4 heterocycles. The van der Waals surface area contributed by atoms with E-state index in [0.717, 1.165) is 74.0 Å². The summed E-state index contributed by atoms with van der Waals surface area (Å²) in [6.45, 7) is 6.79. The predicted octanol–water partition coefficient (Wildman–Crippen LogP) is 2.89. The van der Waals surface area contributed by atoms with Crippen molar-refractivity contribution < 1.29 is 9.53 Å². The Balaban J connectivity index is 1.34. The van der Waals surface area contributed by atoms with Gasteiger partial charge in [0.05, 0.1) is 25.1 Å². The number of hydrogen-bond acceptors (Lipinski definition) is 5. The van der Waals surface area contributed by atoms with E-state index in [1.54, 1.807) is 0 Å². The van der Waals surface area contributed by atoms with Crippen molar-refractivity contribution in [2.24, 2.45) is 0 Å². The van der Waals surface area contributed by atoms with Crippen LogP contribution < -0.4 is 4.90 Å². The van der Waals surface area contributed by atoms with Crippen LogP contribution in [0.5, 0.6) is 0 Å². The molecule has 0 aliphatic carbocycles. The van der Waals surface area contributed by atoms with Crippen molar-refractivity contribution in [1.29, 1.82) is 0 Å². The molecule has 2 aliphatic heterocycles. The van der Waals surface area contributed by atoms with Gasteiger partial charge in [-0.05, 0) is 44.0 Å². The highest BCUT2D eigenvalue weighted by molar-refractivity contribution is 5.94. The zero-order valence-electron chi connectivity index (χ0n) is 17.3. The van der Waals surface area contributed by atoms with Gasteiger partial charge in [0.2, 0.25) is 0 Å². The Bertz CT molecular complexity index is 1040. The number of rotatable bonds is 3. The number of carbonyl (C=O) groups excluding carboxylic acids is 1. The maximum absolute atomic E-state index is 12.9. The number of benzene rings is 1. The Kier molecular flexibility index (Phi) is 5.12. The van der Waals surface area contributed by atoms with Crippen molar-refractivity contribution in [2.45, 2.75) is 25.7 Å². The topological polar surface area (TPSA) is 63.0 Å². The molecule has 3 aromatic rings. The molecule has 0 spiro atoms. The first-order valence-corrected chi connectivity index (χ1v) is 10.7. The summed E-state index contributed by atoms with van der Waals surface area (Å²) in [5.74, 6) is 1.09. The van der Waals surface area contributed by atoms with Crippen molar-refractivity contribution >= 4 is 17.2 Å². The minimum Gasteiger partial charge on any atom is -0.378 e. The summed E-state index contributed by atoms with van der Waals surface area (Å²) < 4.78 is 7.33. The quantitative estimate of drug-likeness (QED) is 0.671. The van der Waals surface area contributed by atoms with Crippen LogP contribution in [-0.4, -0.2) is 64.8 Å². The summed E-state index contributed by atoms with van der Waals surface area (Å²) in [7, 11) is 0. The molecule has 5 rings (SSSR count). The smallest absolute Gasteiger partial charge is 0.253 e. The summed E-state index contributed by atoms with van der Waals surface area (Å²) >= 11 is 0. The van der Waals surface area contributed by atoms with E-state index in [1.807, 2.05) is 46.7 Å². The molecule has 2 aromatic heterocycles. The van der Waals surface area contributed by atoms with Crippen LogP contribution >= 0.6 is 0 Å². The number of fused-ring (bicyclic) bond motifs is 1. The minimum atomic E-state index is 0.0954. The second-order valence-electron chi connectivity index (χ2n) is 8.22. The van der Waals surface area contributed by atoms with E-state index in [9.17, 15) is 4.79 Å². The Morgan fingerprint density at radius 3 is 2.67 bits per heavy atom. The fourth-order valence-corrected chi connectivity index (χ4v) is 4.32. The number of piperidine rings is 1. The molecule has 0 bridgehead atoms. The molecule has 0 unspecified atom stereocenters. The van der Waals surface area contributed by atoms with Gasteiger partial charge in [0.15, 0.2) is 11.5 Å². The predicted molar refractivity (Wildman–Crippen MR) is 115 cm³/mol. The number of aryl methyl sites for hydroxylation is 1. The Morgan fingerprint density at radius 2 is 1.87 bits per heavy atom. The van der Waals surface area contributed by atoms with E-state index >= 15 is 0 Å². The monoisotopic (exact) mass is 405 g/mol. The van der Waals surface area contributed by atoms with Gasteiger partial charge in [0.25, 0.3) is 5.91 Å². The zero-order chi connectivity index (χ0) is 20.5. The van der Waals surface area contributed by atoms with E-state index in [4.69, 9.17) is 14.8 Å². The number of amides is 1. The van der Waals surface area contributed by atoms with Crippen LogP contribution in [0.1, 0.15) is 40.5 Å². The number of ether oxygens (including phenoxy) is 1. The van der Waals surface area contributed by atoms with Crippen molar-refractivity contribution in [1.82, 2.24) is 19.5 Å². The first kappa shape index (κ1) is 19.1. The summed E-state index contributed by atoms with van der Waals surface area (Å²) in [5.41, 5.74) is 3.90. The summed E-state index contributed by atoms with van der Waals surface area (Å²) in [4.78, 5) is 22.0. The largest absolute Gasteiger partial charge is 0.378 e. The van der Waals surface area contributed by atoms with Crippen LogP contribution in [0.25, 0.3) is 5.65 Å². The number of hydrogen-bond donors (Lipinski definition) is 0. The SMILES string of the molecule is Cc1ccc(C(=O)N2CCC[C@@H](c3nc4ccc(N5CCOCC5)cn4n3)C2)cc1. The normalized spacial score (nSPS) is 20.0. The third-order valence-corrected chi connectivity index (χ3v) is 6.08. The molecule has 1 atom stereocenters. The molecule has 0 radical (unpaired) electrons. The molecular weight excluding hydrogens is 378 g/mol. The van der Waals surface area contributed by atoms with Crippen LogP contribution in [0.2, 0.25) is 0 Å². The second kappa shape index (κ2) is 8.07. The Labute approximate surface area is 176 Å². The lowest BCUT2D eigenvalue weighted by Crippen LogP contribution is -2.39. The number of nitrogens with zero attached hydrogens (tertiary/aromatic N) is 5. The molecule has 2 saturated heterocycles. The standard InChI is InChI=1S/C23H27N5O2/c1-17-4-6-18(7-5-17)23(29)27-10-2-3-19(15-27)22-24-21-9-8-20(16-28(21)25-22)26-11-13-30-14-12-26/h4-9,16,19H,2-3,10-15H2,1H3/t19-/m1/s1. The number of anilines is 1. The first-order chi connectivity index (χ1) is 14.7. The third-order valence-electron chi connectivity index (χ3n) is 6.08. The van der Waals surface area contributed by atoms with Gasteiger partial charge in [-0.3, -0.25) is 4.79 Å². The molecule has 0 N–H and O–H groups in total. The van der Waals surface area contributed by atoms with Gasteiger partial charge < -0.3 is 14.5 Å². The zero-order valence-corrected chi connectivity index (χ0v) is 17.3. The molecule has 7 nitrogen and oxygen atoms in total. The van der Waals surface area contributed by atoms with Gasteiger partial charge >= 0.3 is 0 Å².